The van der Waals surface area contributed by atoms with Crippen molar-refractivity contribution in [3.8, 4) is 11.4 Å². The number of aromatic nitrogens is 5. The second kappa shape index (κ2) is 7.56. The van der Waals surface area contributed by atoms with Gasteiger partial charge < -0.3 is 8.97 Å². The Morgan fingerprint density at radius 3 is 2.74 bits per heavy atom. The maximum absolute atomic E-state index is 4.76. The van der Waals surface area contributed by atoms with Gasteiger partial charge in [-0.3, -0.25) is 0 Å². The van der Waals surface area contributed by atoms with Gasteiger partial charge in [-0.05, 0) is 38.0 Å². The largest absolute Gasteiger partial charge is 0.307 e. The van der Waals surface area contributed by atoms with Crippen molar-refractivity contribution >= 4 is 17.4 Å². The Bertz CT molecular complexity index is 1080. The molecule has 0 aliphatic carbocycles. The molecule has 0 spiro atoms. The zero-order valence-electron chi connectivity index (χ0n) is 15.9. The predicted octanol–water partition coefficient (Wildman–Crippen LogP) is 4.91. The highest BCUT2D eigenvalue weighted by Gasteiger charge is 2.15. The van der Waals surface area contributed by atoms with Gasteiger partial charge in [0, 0.05) is 30.3 Å². The Morgan fingerprint density at radius 1 is 1.07 bits per heavy atom. The first kappa shape index (κ1) is 17.8. The van der Waals surface area contributed by atoms with Gasteiger partial charge in [-0.1, -0.05) is 48.5 Å². The lowest BCUT2D eigenvalue weighted by atomic mass is 10.1. The van der Waals surface area contributed by atoms with Gasteiger partial charge in [0.05, 0.1) is 5.69 Å². The van der Waals surface area contributed by atoms with E-state index in [0.29, 0.717) is 0 Å². The summed E-state index contributed by atoms with van der Waals surface area (Å²) in [7, 11) is 0. The summed E-state index contributed by atoms with van der Waals surface area (Å²) in [6.07, 6.45) is 5.17. The van der Waals surface area contributed by atoms with Gasteiger partial charge in [0.1, 0.15) is 5.65 Å². The van der Waals surface area contributed by atoms with Crippen LogP contribution in [0.15, 0.2) is 53.9 Å². The van der Waals surface area contributed by atoms with E-state index in [1.165, 1.54) is 11.1 Å². The fourth-order valence-corrected chi connectivity index (χ4v) is 4.08. The minimum Gasteiger partial charge on any atom is -0.307 e. The molecule has 0 amide bonds. The van der Waals surface area contributed by atoms with E-state index in [1.807, 2.05) is 12.3 Å². The Morgan fingerprint density at radius 2 is 1.96 bits per heavy atom. The van der Waals surface area contributed by atoms with Crippen LogP contribution in [0, 0.1) is 13.8 Å². The summed E-state index contributed by atoms with van der Waals surface area (Å²) < 4.78 is 4.31. The molecule has 0 radical (unpaired) electrons. The molecule has 4 aromatic rings. The highest BCUT2D eigenvalue weighted by atomic mass is 32.2. The van der Waals surface area contributed by atoms with Crippen LogP contribution in [-0.4, -0.2) is 24.1 Å². The molecule has 6 heteroatoms. The highest BCUT2D eigenvalue weighted by molar-refractivity contribution is 7.98. The zero-order valence-corrected chi connectivity index (χ0v) is 16.7. The normalized spacial score (nSPS) is 11.4. The van der Waals surface area contributed by atoms with E-state index in [0.717, 1.165) is 46.6 Å². The fraction of sp³-hybridized carbons (Fsp3) is 0.286. The van der Waals surface area contributed by atoms with Crippen molar-refractivity contribution in [1.82, 2.24) is 24.1 Å². The predicted molar refractivity (Wildman–Crippen MR) is 110 cm³/mol. The van der Waals surface area contributed by atoms with Crippen molar-refractivity contribution in [1.29, 1.82) is 0 Å². The molecule has 0 unspecified atom stereocenters. The molecular formula is C21H23N5S. The summed E-state index contributed by atoms with van der Waals surface area (Å²) in [4.78, 5) is 4.76. The number of pyridine rings is 1. The molecule has 138 valence electrons. The quantitative estimate of drug-likeness (QED) is 0.448. The molecule has 27 heavy (non-hydrogen) atoms. The van der Waals surface area contributed by atoms with Gasteiger partial charge in [0.15, 0.2) is 11.0 Å². The van der Waals surface area contributed by atoms with Gasteiger partial charge in [-0.15, -0.1) is 10.2 Å². The van der Waals surface area contributed by atoms with Crippen LogP contribution in [0.1, 0.15) is 30.2 Å². The molecule has 3 heterocycles. The van der Waals surface area contributed by atoms with Gasteiger partial charge in [-0.25, -0.2) is 4.98 Å². The van der Waals surface area contributed by atoms with Crippen LogP contribution in [0.4, 0.5) is 0 Å². The molecule has 0 bridgehead atoms. The van der Waals surface area contributed by atoms with E-state index in [9.17, 15) is 0 Å². The third-order valence-electron chi connectivity index (χ3n) is 4.52. The maximum Gasteiger partial charge on any atom is 0.191 e. The average molecular weight is 378 g/mol. The first-order valence-corrected chi connectivity index (χ1v) is 10.2. The minimum absolute atomic E-state index is 0.775. The van der Waals surface area contributed by atoms with E-state index in [4.69, 9.17) is 4.98 Å². The van der Waals surface area contributed by atoms with Gasteiger partial charge in [-0.2, -0.15) is 0 Å². The molecule has 0 saturated carbocycles. The number of imidazole rings is 1. The minimum atomic E-state index is 0.775. The second-order valence-corrected chi connectivity index (χ2v) is 7.71. The zero-order chi connectivity index (χ0) is 18.8. The first-order chi connectivity index (χ1) is 13.2. The third-order valence-corrected chi connectivity index (χ3v) is 5.52. The van der Waals surface area contributed by atoms with Gasteiger partial charge >= 0.3 is 0 Å². The smallest absolute Gasteiger partial charge is 0.191 e. The molecule has 5 nitrogen and oxygen atoms in total. The number of hydrogen-bond acceptors (Lipinski definition) is 4. The molecule has 1 aromatic carbocycles. The fourth-order valence-electron chi connectivity index (χ4n) is 3.23. The average Bonchev–Trinajstić information content (AvgIpc) is 3.25. The molecule has 0 fully saturated rings. The highest BCUT2D eigenvalue weighted by Crippen LogP contribution is 2.27. The van der Waals surface area contributed by atoms with E-state index in [2.05, 4.69) is 76.5 Å². The third kappa shape index (κ3) is 3.62. The van der Waals surface area contributed by atoms with E-state index in [1.54, 1.807) is 11.8 Å². The Hall–Kier alpha value is -2.60. The summed E-state index contributed by atoms with van der Waals surface area (Å²) >= 11 is 1.69. The number of rotatable bonds is 6. The Kier molecular flexibility index (Phi) is 4.99. The summed E-state index contributed by atoms with van der Waals surface area (Å²) in [6.45, 7) is 7.28. The van der Waals surface area contributed by atoms with Crippen LogP contribution in [0.3, 0.4) is 0 Å². The first-order valence-electron chi connectivity index (χ1n) is 9.22. The van der Waals surface area contributed by atoms with E-state index in [-0.39, 0.29) is 0 Å². The summed E-state index contributed by atoms with van der Waals surface area (Å²) in [5, 5.41) is 9.90. The number of hydrogen-bond donors (Lipinski definition) is 0. The van der Waals surface area contributed by atoms with Crippen LogP contribution in [0.25, 0.3) is 17.0 Å². The van der Waals surface area contributed by atoms with Crippen molar-refractivity contribution in [3.05, 3.63) is 65.6 Å². The molecule has 0 aliphatic heterocycles. The van der Waals surface area contributed by atoms with Crippen molar-refractivity contribution in [3.63, 3.8) is 0 Å². The lowest BCUT2D eigenvalue weighted by Gasteiger charge is -2.09. The lowest BCUT2D eigenvalue weighted by molar-refractivity contribution is 0.626. The summed E-state index contributed by atoms with van der Waals surface area (Å²) in [6, 6.07) is 12.6. The molecule has 4 rings (SSSR count). The molecule has 3 aromatic heterocycles. The van der Waals surface area contributed by atoms with Crippen LogP contribution in [0.2, 0.25) is 0 Å². The van der Waals surface area contributed by atoms with Crippen LogP contribution in [0.5, 0.6) is 0 Å². The number of thioether (sulfide) groups is 1. The topological polar surface area (TPSA) is 48.0 Å². The molecule has 0 aliphatic rings. The molecule has 0 N–H and O–H groups in total. The molecule has 0 saturated heterocycles. The Balaban J connectivity index is 1.60. The molecular weight excluding hydrogens is 354 g/mol. The number of nitrogens with zero attached hydrogens (tertiary/aromatic N) is 5. The van der Waals surface area contributed by atoms with Crippen molar-refractivity contribution in [2.24, 2.45) is 0 Å². The second-order valence-electron chi connectivity index (χ2n) is 6.77. The summed E-state index contributed by atoms with van der Waals surface area (Å²) in [5.74, 6) is 1.71. The molecule has 0 atom stereocenters. The van der Waals surface area contributed by atoms with Crippen LogP contribution < -0.4 is 0 Å². The Labute approximate surface area is 163 Å². The number of fused-ring (bicyclic) bond motifs is 1. The van der Waals surface area contributed by atoms with Crippen molar-refractivity contribution < 1.29 is 0 Å². The summed E-state index contributed by atoms with van der Waals surface area (Å²) in [5.41, 5.74) is 5.60. The number of benzene rings is 1. The monoisotopic (exact) mass is 377 g/mol. The van der Waals surface area contributed by atoms with Gasteiger partial charge in [0.25, 0.3) is 0 Å². The van der Waals surface area contributed by atoms with Crippen molar-refractivity contribution in [2.75, 3.05) is 0 Å². The van der Waals surface area contributed by atoms with Crippen molar-refractivity contribution in [2.45, 2.75) is 44.6 Å². The van der Waals surface area contributed by atoms with Crippen LogP contribution in [-0.2, 0) is 12.3 Å². The SMILES string of the molecule is CCCn1c(SCc2cn3cccc(C)c3n2)nnc1-c1cccc(C)c1. The maximum atomic E-state index is 4.76. The standard InChI is InChI=1S/C21H23N5S/c1-4-10-26-20(17-9-5-7-15(2)12-17)23-24-21(26)27-14-18-13-25-11-6-8-16(3)19(25)22-18/h5-9,11-13H,4,10,14H2,1-3H3. The number of aryl methyl sites for hydroxylation is 2. The van der Waals surface area contributed by atoms with Crippen LogP contribution >= 0.6 is 11.8 Å². The lowest BCUT2D eigenvalue weighted by Crippen LogP contribution is -2.02. The van der Waals surface area contributed by atoms with Gasteiger partial charge in [0.2, 0.25) is 0 Å². The van der Waals surface area contributed by atoms with E-state index < -0.39 is 0 Å². The van der Waals surface area contributed by atoms with E-state index >= 15 is 0 Å².